The van der Waals surface area contributed by atoms with Gasteiger partial charge in [-0.3, -0.25) is 0 Å². The molecule has 0 bridgehead atoms. The molecule has 0 heterocycles. The van der Waals surface area contributed by atoms with E-state index in [1.54, 1.807) is 19.3 Å². The third-order valence-electron chi connectivity index (χ3n) is 6.68. The van der Waals surface area contributed by atoms with Gasteiger partial charge in [0, 0.05) is 0 Å². The van der Waals surface area contributed by atoms with Gasteiger partial charge in [0.2, 0.25) is 0 Å². The Kier molecular flexibility index (Phi) is 29.3. The average Bonchev–Trinajstić information content (AvgIpc) is 2.73. The predicted octanol–water partition coefficient (Wildman–Crippen LogP) is 10.9. The SMILES string of the molecule is CCCCCC[CH](C)[Sn+]([CH](C)CCCCCC)[CH](C)CCCCCC.CCCC[S-]. The topological polar surface area (TPSA) is 0 Å². The maximum atomic E-state index is 4.65. The van der Waals surface area contributed by atoms with Crippen molar-refractivity contribution < 1.29 is 0 Å². The van der Waals surface area contributed by atoms with Crippen molar-refractivity contribution in [2.24, 2.45) is 0 Å². The van der Waals surface area contributed by atoms with Gasteiger partial charge in [-0.2, -0.15) is 5.75 Å². The second kappa shape index (κ2) is 26.4. The van der Waals surface area contributed by atoms with Crippen LogP contribution in [0.2, 0.25) is 11.8 Å². The molecular weight excluding hydrogens is 487 g/mol. The maximum absolute atomic E-state index is 4.65. The van der Waals surface area contributed by atoms with Gasteiger partial charge in [0.25, 0.3) is 0 Å². The molecule has 0 aliphatic heterocycles. The first kappa shape index (κ1) is 33.3. The van der Waals surface area contributed by atoms with Crippen LogP contribution in [0.4, 0.5) is 0 Å². The Morgan fingerprint density at radius 2 is 0.767 bits per heavy atom. The van der Waals surface area contributed by atoms with Gasteiger partial charge in [0.1, 0.15) is 0 Å². The molecule has 0 aliphatic carbocycles. The van der Waals surface area contributed by atoms with E-state index in [0.29, 0.717) is 0 Å². The van der Waals surface area contributed by atoms with Crippen molar-refractivity contribution in [1.29, 1.82) is 0 Å². The van der Waals surface area contributed by atoms with Crippen LogP contribution in [-0.4, -0.2) is 25.5 Å². The molecule has 0 aromatic rings. The molecule has 0 saturated carbocycles. The summed E-state index contributed by atoms with van der Waals surface area (Å²) in [6.07, 6.45) is 24.5. The van der Waals surface area contributed by atoms with Gasteiger partial charge >= 0.3 is 169 Å². The standard InChI is InChI=1S/3C8H17.C4H10S.Sn/c3*1-3-5-7-8-6-4-2;1-2-3-4-5;/h3*3H,4-8H2,1-2H3;5H,2-4H2,1H3;/q;;;;+1/p-1. The van der Waals surface area contributed by atoms with E-state index in [1.807, 2.05) is 0 Å². The molecule has 182 valence electrons. The Morgan fingerprint density at radius 1 is 0.467 bits per heavy atom. The molecule has 0 fully saturated rings. The van der Waals surface area contributed by atoms with Crippen LogP contribution < -0.4 is 0 Å². The summed E-state index contributed by atoms with van der Waals surface area (Å²) >= 11 is 3.31. The summed E-state index contributed by atoms with van der Waals surface area (Å²) in [6.45, 7) is 17.1. The zero-order valence-electron chi connectivity index (χ0n) is 22.4. The summed E-state index contributed by atoms with van der Waals surface area (Å²) in [5.41, 5.74) is 0. The number of hydrogen-bond donors (Lipinski definition) is 0. The number of rotatable bonds is 20. The van der Waals surface area contributed by atoms with Crippen molar-refractivity contribution >= 4 is 32.4 Å². The number of unbranched alkanes of at least 4 members (excludes halogenated alkanes) is 10. The van der Waals surface area contributed by atoms with Crippen molar-refractivity contribution in [1.82, 2.24) is 0 Å². The van der Waals surface area contributed by atoms with Crippen LogP contribution in [0.5, 0.6) is 0 Å². The fraction of sp³-hybridized carbons (Fsp3) is 1.00. The van der Waals surface area contributed by atoms with E-state index in [0.717, 1.165) is 17.6 Å². The molecule has 30 heavy (non-hydrogen) atoms. The fourth-order valence-electron chi connectivity index (χ4n) is 4.73. The monoisotopic (exact) mass is 548 g/mol. The first-order valence-corrected chi connectivity index (χ1v) is 19.5. The molecule has 0 N–H and O–H groups in total. The molecule has 0 aliphatic rings. The minimum absolute atomic E-state index is 0.927. The Morgan fingerprint density at radius 3 is 0.967 bits per heavy atom. The molecule has 0 amide bonds. The Bertz CT molecular complexity index is 262. The summed E-state index contributed by atoms with van der Waals surface area (Å²) in [5, 5.41) is 0. The molecule has 3 unspecified atom stereocenters. The minimum atomic E-state index is -1.34. The molecule has 0 aromatic carbocycles. The van der Waals surface area contributed by atoms with E-state index in [-0.39, 0.29) is 0 Å². The number of hydrogen-bond acceptors (Lipinski definition) is 1. The van der Waals surface area contributed by atoms with E-state index < -0.39 is 19.8 Å². The maximum Gasteiger partial charge on any atom is -0.0580 e. The Hall–Kier alpha value is 1.15. The van der Waals surface area contributed by atoms with E-state index in [2.05, 4.69) is 61.1 Å². The van der Waals surface area contributed by atoms with Crippen molar-refractivity contribution in [3.05, 3.63) is 0 Å². The van der Waals surface area contributed by atoms with Gasteiger partial charge in [0.05, 0.1) is 0 Å². The first-order valence-electron chi connectivity index (χ1n) is 13.9. The predicted molar refractivity (Wildman–Crippen MR) is 147 cm³/mol. The minimum Gasteiger partial charge on any atom is -0.793 e. The van der Waals surface area contributed by atoms with E-state index in [1.165, 1.54) is 89.9 Å². The van der Waals surface area contributed by atoms with Crippen molar-refractivity contribution in [2.75, 3.05) is 5.75 Å². The van der Waals surface area contributed by atoms with Crippen molar-refractivity contribution in [2.45, 2.75) is 169 Å². The van der Waals surface area contributed by atoms with Crippen molar-refractivity contribution in [3.8, 4) is 0 Å². The smallest absolute Gasteiger partial charge is 0.0580 e. The van der Waals surface area contributed by atoms with Gasteiger partial charge < -0.3 is 12.6 Å². The van der Waals surface area contributed by atoms with Gasteiger partial charge in [-0.25, -0.2) is 0 Å². The van der Waals surface area contributed by atoms with Gasteiger partial charge in [-0.05, 0) is 0 Å². The second-order valence-electron chi connectivity index (χ2n) is 9.81. The summed E-state index contributed by atoms with van der Waals surface area (Å²) in [6, 6.07) is 0. The van der Waals surface area contributed by atoms with Crippen LogP contribution in [0.25, 0.3) is 0 Å². The normalized spacial score (nSPS) is 14.0. The van der Waals surface area contributed by atoms with Gasteiger partial charge in [-0.1, -0.05) is 19.8 Å². The molecule has 0 saturated heterocycles. The van der Waals surface area contributed by atoms with Crippen LogP contribution in [0.1, 0.15) is 158 Å². The average molecular weight is 548 g/mol. The summed E-state index contributed by atoms with van der Waals surface area (Å²) < 4.78 is 3.34. The van der Waals surface area contributed by atoms with Crippen LogP contribution in [-0.2, 0) is 12.6 Å². The molecule has 0 spiro atoms. The molecule has 0 radical (unpaired) electrons. The third-order valence-corrected chi connectivity index (χ3v) is 19.2. The largest absolute Gasteiger partial charge is 0.793 e. The zero-order chi connectivity index (χ0) is 23.0. The molecule has 0 nitrogen and oxygen atoms in total. The van der Waals surface area contributed by atoms with Crippen LogP contribution in [0.15, 0.2) is 0 Å². The Balaban J connectivity index is 0. The molecule has 0 rings (SSSR count). The first-order chi connectivity index (χ1) is 14.5. The summed E-state index contributed by atoms with van der Waals surface area (Å²) in [7, 11) is 0. The van der Waals surface area contributed by atoms with E-state index in [4.69, 9.17) is 0 Å². The summed E-state index contributed by atoms with van der Waals surface area (Å²) in [4.78, 5) is 0. The molecule has 0 aromatic heterocycles. The van der Waals surface area contributed by atoms with Crippen LogP contribution >= 0.6 is 0 Å². The molecule has 2 heteroatoms. The second-order valence-corrected chi connectivity index (χ2v) is 21.5. The summed E-state index contributed by atoms with van der Waals surface area (Å²) in [5.74, 6) is 0.927. The van der Waals surface area contributed by atoms with Crippen molar-refractivity contribution in [3.63, 3.8) is 0 Å². The third kappa shape index (κ3) is 21.0. The Labute approximate surface area is 206 Å². The van der Waals surface area contributed by atoms with Gasteiger partial charge in [-0.15, -0.1) is 0 Å². The molecular formula is C28H60SSn. The van der Waals surface area contributed by atoms with E-state index >= 15 is 0 Å². The van der Waals surface area contributed by atoms with Crippen LogP contribution in [0, 0.1) is 0 Å². The molecule has 3 atom stereocenters. The van der Waals surface area contributed by atoms with E-state index in [9.17, 15) is 0 Å². The van der Waals surface area contributed by atoms with Gasteiger partial charge in [0.15, 0.2) is 0 Å². The zero-order valence-corrected chi connectivity index (χ0v) is 26.0. The fourth-order valence-corrected chi connectivity index (χ4v) is 17.9. The quantitative estimate of drug-likeness (QED) is 0.0830. The van der Waals surface area contributed by atoms with Crippen LogP contribution in [0.3, 0.4) is 0 Å².